The number of nitrogens with zero attached hydrogens (tertiary/aromatic N) is 1. The summed E-state index contributed by atoms with van der Waals surface area (Å²) < 4.78 is 5.62. The molecule has 1 unspecified atom stereocenters. The Morgan fingerprint density at radius 2 is 1.94 bits per heavy atom. The van der Waals surface area contributed by atoms with Crippen molar-refractivity contribution in [3.8, 4) is 5.75 Å². The van der Waals surface area contributed by atoms with Crippen LogP contribution in [0.3, 0.4) is 0 Å². The predicted molar refractivity (Wildman–Crippen MR) is 119 cm³/mol. The number of rotatable bonds is 6. The Hall–Kier alpha value is -2.90. The number of ether oxygens (including phenoxy) is 1. The molecule has 4 rings (SSSR count). The minimum atomic E-state index is -0.0866. The Morgan fingerprint density at radius 1 is 1.13 bits per heavy atom. The van der Waals surface area contributed by atoms with Gasteiger partial charge in [-0.3, -0.25) is 20.4 Å². The van der Waals surface area contributed by atoms with Gasteiger partial charge in [-0.25, -0.2) is 0 Å². The van der Waals surface area contributed by atoms with Crippen molar-refractivity contribution in [2.45, 2.75) is 31.7 Å². The molecule has 7 nitrogen and oxygen atoms in total. The summed E-state index contributed by atoms with van der Waals surface area (Å²) in [5, 5.41) is 2.84. The Bertz CT molecular complexity index is 956. The molecule has 0 aromatic heterocycles. The summed E-state index contributed by atoms with van der Waals surface area (Å²) in [7, 11) is 1.65. The highest BCUT2D eigenvalue weighted by atomic mass is 16.5. The first-order chi connectivity index (χ1) is 15.1. The lowest BCUT2D eigenvalue weighted by atomic mass is 9.97. The van der Waals surface area contributed by atoms with Crippen molar-refractivity contribution in [1.29, 1.82) is 0 Å². The Balaban J connectivity index is 1.57. The average molecular weight is 423 g/mol. The molecule has 0 radical (unpaired) electrons. The molecule has 2 fully saturated rings. The van der Waals surface area contributed by atoms with Crippen molar-refractivity contribution in [3.05, 3.63) is 64.7 Å². The smallest absolute Gasteiger partial charge is 0.254 e. The van der Waals surface area contributed by atoms with E-state index in [1.165, 1.54) is 0 Å². The normalized spacial score (nSPS) is 18.9. The fourth-order valence-electron chi connectivity index (χ4n) is 4.54. The van der Waals surface area contributed by atoms with Gasteiger partial charge in [0.1, 0.15) is 5.75 Å². The molecule has 0 bridgehead atoms. The number of nitrogens with one attached hydrogen (secondary N) is 3. The van der Waals surface area contributed by atoms with E-state index in [4.69, 9.17) is 4.74 Å². The van der Waals surface area contributed by atoms with Gasteiger partial charge in [-0.1, -0.05) is 18.2 Å². The van der Waals surface area contributed by atoms with E-state index in [2.05, 4.69) is 16.2 Å². The first kappa shape index (κ1) is 21.3. The van der Waals surface area contributed by atoms with Crippen LogP contribution in [0.15, 0.2) is 42.5 Å². The summed E-state index contributed by atoms with van der Waals surface area (Å²) in [5.41, 5.74) is 9.64. The molecule has 2 heterocycles. The van der Waals surface area contributed by atoms with Gasteiger partial charge in [0.25, 0.3) is 11.8 Å². The molecule has 3 N–H and O–H groups in total. The van der Waals surface area contributed by atoms with E-state index in [0.717, 1.165) is 42.8 Å². The molecule has 164 valence electrons. The lowest BCUT2D eigenvalue weighted by Gasteiger charge is -2.26. The molecular formula is C24H30N4O3. The van der Waals surface area contributed by atoms with Crippen molar-refractivity contribution >= 4 is 11.8 Å². The van der Waals surface area contributed by atoms with Crippen LogP contribution in [0.4, 0.5) is 0 Å². The van der Waals surface area contributed by atoms with Crippen molar-refractivity contribution in [2.24, 2.45) is 0 Å². The number of hydrogen-bond donors (Lipinski definition) is 3. The number of hydrogen-bond acceptors (Lipinski definition) is 5. The molecule has 2 amide bonds. The molecule has 2 saturated heterocycles. The second-order valence-electron chi connectivity index (χ2n) is 8.06. The molecule has 7 heteroatoms. The number of benzene rings is 2. The average Bonchev–Trinajstić information content (AvgIpc) is 3.51. The molecule has 0 spiro atoms. The van der Waals surface area contributed by atoms with Gasteiger partial charge in [-0.15, -0.1) is 0 Å². The first-order valence-corrected chi connectivity index (χ1v) is 10.9. The zero-order chi connectivity index (χ0) is 21.8. The SMILES string of the molecule is CCNC(=O)c1cccc(C2CCCN2C(=O)c2ccc(C3CNNC3)c(OC)c2)c1. The summed E-state index contributed by atoms with van der Waals surface area (Å²) in [5.74, 6) is 0.973. The molecule has 2 aliphatic rings. The fourth-order valence-corrected chi connectivity index (χ4v) is 4.54. The van der Waals surface area contributed by atoms with Crippen LogP contribution >= 0.6 is 0 Å². The molecule has 2 aromatic carbocycles. The third-order valence-electron chi connectivity index (χ3n) is 6.13. The standard InChI is InChI=1S/C24H30N4O3/c1-3-25-23(29)17-7-4-6-16(12-17)21-8-5-11-28(21)24(30)18-9-10-20(22(13-18)31-2)19-14-26-27-15-19/h4,6-7,9-10,12-13,19,21,26-27H,3,5,8,11,14-15H2,1-2H3,(H,25,29). The maximum atomic E-state index is 13.4. The maximum absolute atomic E-state index is 13.4. The summed E-state index contributed by atoms with van der Waals surface area (Å²) in [6.07, 6.45) is 1.83. The van der Waals surface area contributed by atoms with Crippen LogP contribution in [0.25, 0.3) is 0 Å². The highest BCUT2D eigenvalue weighted by molar-refractivity contribution is 5.96. The topological polar surface area (TPSA) is 82.7 Å². The van der Waals surface area contributed by atoms with Gasteiger partial charge in [0.15, 0.2) is 0 Å². The molecule has 31 heavy (non-hydrogen) atoms. The summed E-state index contributed by atoms with van der Waals surface area (Å²) >= 11 is 0. The first-order valence-electron chi connectivity index (χ1n) is 10.9. The maximum Gasteiger partial charge on any atom is 0.254 e. The second-order valence-corrected chi connectivity index (χ2v) is 8.06. The van der Waals surface area contributed by atoms with E-state index in [-0.39, 0.29) is 17.9 Å². The number of carbonyl (C=O) groups is 2. The van der Waals surface area contributed by atoms with Crippen molar-refractivity contribution in [1.82, 2.24) is 21.1 Å². The van der Waals surface area contributed by atoms with Crippen molar-refractivity contribution in [2.75, 3.05) is 33.3 Å². The van der Waals surface area contributed by atoms with Crippen LogP contribution in [0, 0.1) is 0 Å². The lowest BCUT2D eigenvalue weighted by molar-refractivity contribution is 0.0735. The van der Waals surface area contributed by atoms with Crippen molar-refractivity contribution in [3.63, 3.8) is 0 Å². The second kappa shape index (κ2) is 9.49. The van der Waals surface area contributed by atoms with Gasteiger partial charge in [0.2, 0.25) is 0 Å². The van der Waals surface area contributed by atoms with Crippen LogP contribution in [-0.2, 0) is 0 Å². The molecular weight excluding hydrogens is 392 g/mol. The molecule has 0 saturated carbocycles. The van der Waals surface area contributed by atoms with E-state index in [0.29, 0.717) is 30.1 Å². The van der Waals surface area contributed by atoms with Gasteiger partial charge in [-0.2, -0.15) is 0 Å². The van der Waals surface area contributed by atoms with Crippen LogP contribution in [0.1, 0.15) is 63.6 Å². The van der Waals surface area contributed by atoms with Crippen LogP contribution in [0.5, 0.6) is 5.75 Å². The number of hydrazine groups is 1. The monoisotopic (exact) mass is 422 g/mol. The fraction of sp³-hybridized carbons (Fsp3) is 0.417. The van der Waals surface area contributed by atoms with E-state index >= 15 is 0 Å². The predicted octanol–water partition coefficient (Wildman–Crippen LogP) is 2.61. The summed E-state index contributed by atoms with van der Waals surface area (Å²) in [6.45, 7) is 4.86. The van der Waals surface area contributed by atoms with Crippen LogP contribution in [-0.4, -0.2) is 50.0 Å². The Kier molecular flexibility index (Phi) is 6.53. The minimum absolute atomic E-state index is 0.00145. The quantitative estimate of drug-likeness (QED) is 0.667. The zero-order valence-electron chi connectivity index (χ0n) is 18.1. The van der Waals surface area contributed by atoms with E-state index in [1.54, 1.807) is 7.11 Å². The summed E-state index contributed by atoms with van der Waals surface area (Å²) in [6, 6.07) is 13.3. The molecule has 1 atom stereocenters. The molecule has 2 aromatic rings. The Labute approximate surface area is 183 Å². The van der Waals surface area contributed by atoms with E-state index in [1.807, 2.05) is 54.3 Å². The van der Waals surface area contributed by atoms with Crippen LogP contribution < -0.4 is 20.9 Å². The molecule has 0 aliphatic carbocycles. The van der Waals surface area contributed by atoms with Gasteiger partial charge in [-0.05, 0) is 55.2 Å². The number of methoxy groups -OCH3 is 1. The third-order valence-corrected chi connectivity index (χ3v) is 6.13. The van der Waals surface area contributed by atoms with E-state index in [9.17, 15) is 9.59 Å². The number of carbonyl (C=O) groups excluding carboxylic acids is 2. The minimum Gasteiger partial charge on any atom is -0.496 e. The highest BCUT2D eigenvalue weighted by Crippen LogP contribution is 2.35. The van der Waals surface area contributed by atoms with E-state index < -0.39 is 0 Å². The van der Waals surface area contributed by atoms with Gasteiger partial charge >= 0.3 is 0 Å². The molecule has 2 aliphatic heterocycles. The van der Waals surface area contributed by atoms with Gasteiger partial charge in [0, 0.05) is 43.2 Å². The van der Waals surface area contributed by atoms with Crippen molar-refractivity contribution < 1.29 is 14.3 Å². The third kappa shape index (κ3) is 4.43. The lowest BCUT2D eigenvalue weighted by Crippen LogP contribution is -2.31. The zero-order valence-corrected chi connectivity index (χ0v) is 18.1. The number of amides is 2. The highest BCUT2D eigenvalue weighted by Gasteiger charge is 2.31. The van der Waals surface area contributed by atoms with Gasteiger partial charge < -0.3 is 15.0 Å². The number of likely N-dealkylation sites (tertiary alicyclic amines) is 1. The van der Waals surface area contributed by atoms with Gasteiger partial charge in [0.05, 0.1) is 13.2 Å². The largest absolute Gasteiger partial charge is 0.496 e. The van der Waals surface area contributed by atoms with Crippen LogP contribution in [0.2, 0.25) is 0 Å². The Morgan fingerprint density at radius 3 is 2.68 bits per heavy atom. The summed E-state index contributed by atoms with van der Waals surface area (Å²) in [4.78, 5) is 27.6.